The molecule has 7 nitrogen and oxygen atoms in total. The monoisotopic (exact) mass is 483 g/mol. The molecule has 3 rings (SSSR count). The van der Waals surface area contributed by atoms with Crippen LogP contribution in [0.3, 0.4) is 0 Å². The number of aromatic nitrogens is 1. The van der Waals surface area contributed by atoms with Crippen LogP contribution < -0.4 is 5.32 Å². The van der Waals surface area contributed by atoms with Crippen LogP contribution in [0.4, 0.5) is 0 Å². The zero-order valence-corrected chi connectivity index (χ0v) is 18.1. The van der Waals surface area contributed by atoms with Gasteiger partial charge in [0.25, 0.3) is 5.91 Å². The number of furan rings is 1. The molecule has 2 aromatic rings. The first-order chi connectivity index (χ1) is 12.7. The topological polar surface area (TPSA) is 74.0 Å². The van der Waals surface area contributed by atoms with Crippen LogP contribution in [-0.4, -0.2) is 59.4 Å². The van der Waals surface area contributed by atoms with Crippen molar-refractivity contribution in [2.45, 2.75) is 20.4 Å². The van der Waals surface area contributed by atoms with Gasteiger partial charge in [-0.05, 0) is 37.6 Å². The number of guanidine groups is 1. The fraction of sp³-hybridized carbons (Fsp3) is 0.421. The Morgan fingerprint density at radius 2 is 1.96 bits per heavy atom. The first kappa shape index (κ1) is 21.2. The molecule has 1 amide bonds. The lowest BCUT2D eigenvalue weighted by Crippen LogP contribution is -2.53. The van der Waals surface area contributed by atoms with E-state index in [0.717, 1.165) is 36.9 Å². The number of hydrogen-bond acceptors (Lipinski definition) is 4. The van der Waals surface area contributed by atoms with Gasteiger partial charge in [-0.1, -0.05) is 6.07 Å². The Morgan fingerprint density at radius 1 is 1.22 bits per heavy atom. The van der Waals surface area contributed by atoms with E-state index in [-0.39, 0.29) is 29.9 Å². The summed E-state index contributed by atoms with van der Waals surface area (Å²) in [7, 11) is 0. The van der Waals surface area contributed by atoms with Gasteiger partial charge in [-0.2, -0.15) is 0 Å². The van der Waals surface area contributed by atoms with E-state index in [9.17, 15) is 4.79 Å². The van der Waals surface area contributed by atoms with Crippen LogP contribution in [-0.2, 0) is 6.54 Å². The van der Waals surface area contributed by atoms with Gasteiger partial charge in [-0.3, -0.25) is 9.78 Å². The molecule has 8 heteroatoms. The molecule has 0 aromatic carbocycles. The first-order valence-corrected chi connectivity index (χ1v) is 8.95. The lowest BCUT2D eigenvalue weighted by molar-refractivity contribution is 0.0657. The summed E-state index contributed by atoms with van der Waals surface area (Å²) in [5.74, 6) is 1.20. The maximum atomic E-state index is 12.4. The number of nitrogens with zero attached hydrogens (tertiary/aromatic N) is 4. The van der Waals surface area contributed by atoms with Crippen LogP contribution in [0.5, 0.6) is 0 Å². The van der Waals surface area contributed by atoms with Gasteiger partial charge in [0.05, 0.1) is 18.5 Å². The number of aliphatic imine (C=N–C) groups is 1. The summed E-state index contributed by atoms with van der Waals surface area (Å²) in [6.45, 7) is 8.20. The lowest BCUT2D eigenvalue weighted by Gasteiger charge is -2.36. The predicted octanol–water partition coefficient (Wildman–Crippen LogP) is 2.52. The second kappa shape index (κ2) is 10.3. The molecule has 146 valence electrons. The molecule has 0 bridgehead atoms. The highest BCUT2D eigenvalue weighted by atomic mass is 127. The molecular formula is C19H26IN5O2. The molecule has 3 heterocycles. The summed E-state index contributed by atoms with van der Waals surface area (Å²) in [5, 5.41) is 3.34. The summed E-state index contributed by atoms with van der Waals surface area (Å²) >= 11 is 0. The smallest absolute Gasteiger partial charge is 0.289 e. The van der Waals surface area contributed by atoms with Crippen LogP contribution in [0.15, 0.2) is 46.1 Å². The van der Waals surface area contributed by atoms with E-state index in [2.05, 4.69) is 22.1 Å². The van der Waals surface area contributed by atoms with Gasteiger partial charge in [0, 0.05) is 38.9 Å². The van der Waals surface area contributed by atoms with Crippen molar-refractivity contribution in [2.24, 2.45) is 4.99 Å². The third kappa shape index (κ3) is 5.44. The zero-order valence-electron chi connectivity index (χ0n) is 15.7. The fourth-order valence-electron chi connectivity index (χ4n) is 2.94. The van der Waals surface area contributed by atoms with Gasteiger partial charge < -0.3 is 19.5 Å². The van der Waals surface area contributed by atoms with E-state index in [0.29, 0.717) is 25.4 Å². The third-order valence-electron chi connectivity index (χ3n) is 4.43. The van der Waals surface area contributed by atoms with Crippen molar-refractivity contribution < 1.29 is 9.21 Å². The predicted molar refractivity (Wildman–Crippen MR) is 115 cm³/mol. The highest BCUT2D eigenvalue weighted by Gasteiger charge is 2.25. The normalized spacial score (nSPS) is 14.7. The molecule has 0 spiro atoms. The summed E-state index contributed by atoms with van der Waals surface area (Å²) in [5.41, 5.74) is 2.12. The minimum atomic E-state index is -0.0549. The molecule has 1 saturated heterocycles. The Balaban J connectivity index is 0.00000261. The molecule has 0 saturated carbocycles. The summed E-state index contributed by atoms with van der Waals surface area (Å²) in [6.07, 6.45) is 3.32. The van der Waals surface area contributed by atoms with E-state index in [1.165, 1.54) is 6.26 Å². The molecule has 1 fully saturated rings. The van der Waals surface area contributed by atoms with Crippen LogP contribution in [0.25, 0.3) is 0 Å². The second-order valence-corrected chi connectivity index (χ2v) is 6.19. The van der Waals surface area contributed by atoms with Crippen molar-refractivity contribution in [3.05, 3.63) is 53.7 Å². The zero-order chi connectivity index (χ0) is 18.4. The number of amides is 1. The molecule has 0 aliphatic carbocycles. The Bertz CT molecular complexity index is 755. The number of piperazine rings is 1. The number of hydrogen-bond donors (Lipinski definition) is 1. The van der Waals surface area contributed by atoms with E-state index in [1.54, 1.807) is 18.3 Å². The van der Waals surface area contributed by atoms with Crippen molar-refractivity contribution in [1.29, 1.82) is 0 Å². The van der Waals surface area contributed by atoms with Crippen LogP contribution in [0.1, 0.15) is 28.7 Å². The van der Waals surface area contributed by atoms with Gasteiger partial charge in [0.2, 0.25) is 0 Å². The van der Waals surface area contributed by atoms with Gasteiger partial charge in [-0.25, -0.2) is 4.99 Å². The number of aryl methyl sites for hydroxylation is 1. The molecule has 1 N–H and O–H groups in total. The highest BCUT2D eigenvalue weighted by Crippen LogP contribution is 2.10. The second-order valence-electron chi connectivity index (χ2n) is 6.19. The van der Waals surface area contributed by atoms with Crippen LogP contribution in [0.2, 0.25) is 0 Å². The summed E-state index contributed by atoms with van der Waals surface area (Å²) in [6, 6.07) is 7.42. The average Bonchev–Trinajstić information content (AvgIpc) is 3.21. The number of pyridine rings is 1. The molecule has 0 unspecified atom stereocenters. The van der Waals surface area contributed by atoms with Gasteiger partial charge in [0.15, 0.2) is 11.7 Å². The minimum absolute atomic E-state index is 0. The standard InChI is InChI=1S/C19H25N5O2.HI/c1-3-20-19(22-14-16-15(2)6-4-8-21-16)24-11-9-23(10-12-24)18(25)17-7-5-13-26-17;/h4-8,13H,3,9-12,14H2,1-2H3,(H,20,22);1H. The maximum absolute atomic E-state index is 12.4. The molecular weight excluding hydrogens is 457 g/mol. The van der Waals surface area contributed by atoms with Crippen LogP contribution >= 0.6 is 24.0 Å². The Labute approximate surface area is 176 Å². The first-order valence-electron chi connectivity index (χ1n) is 8.95. The Hall–Kier alpha value is -2.10. The number of nitrogens with one attached hydrogen (secondary N) is 1. The molecule has 27 heavy (non-hydrogen) atoms. The van der Waals surface area contributed by atoms with E-state index >= 15 is 0 Å². The van der Waals surface area contributed by atoms with Gasteiger partial charge >= 0.3 is 0 Å². The van der Waals surface area contributed by atoms with Crippen molar-refractivity contribution >= 4 is 35.8 Å². The Kier molecular flexibility index (Phi) is 8.08. The van der Waals surface area contributed by atoms with Crippen LogP contribution in [0, 0.1) is 6.92 Å². The number of carbonyl (C=O) groups is 1. The largest absolute Gasteiger partial charge is 0.459 e. The average molecular weight is 483 g/mol. The number of rotatable bonds is 4. The van der Waals surface area contributed by atoms with Crippen molar-refractivity contribution in [3.63, 3.8) is 0 Å². The number of carbonyl (C=O) groups excluding carboxylic acids is 1. The van der Waals surface area contributed by atoms with Crippen molar-refractivity contribution in [2.75, 3.05) is 32.7 Å². The highest BCUT2D eigenvalue weighted by molar-refractivity contribution is 14.0. The van der Waals surface area contributed by atoms with Crippen molar-refractivity contribution in [1.82, 2.24) is 20.1 Å². The van der Waals surface area contributed by atoms with Crippen molar-refractivity contribution in [3.8, 4) is 0 Å². The maximum Gasteiger partial charge on any atom is 0.289 e. The van der Waals surface area contributed by atoms with Gasteiger partial charge in [-0.15, -0.1) is 24.0 Å². The van der Waals surface area contributed by atoms with E-state index in [1.807, 2.05) is 24.0 Å². The SMILES string of the molecule is CCNC(=NCc1ncccc1C)N1CCN(C(=O)c2ccco2)CC1.I. The third-order valence-corrected chi connectivity index (χ3v) is 4.43. The summed E-state index contributed by atoms with van der Waals surface area (Å²) < 4.78 is 5.21. The number of halogens is 1. The lowest BCUT2D eigenvalue weighted by atomic mass is 10.2. The molecule has 0 atom stereocenters. The molecule has 0 radical (unpaired) electrons. The fourth-order valence-corrected chi connectivity index (χ4v) is 2.94. The molecule has 1 aliphatic heterocycles. The molecule has 2 aromatic heterocycles. The molecule has 1 aliphatic rings. The Morgan fingerprint density at radius 3 is 2.59 bits per heavy atom. The summed E-state index contributed by atoms with van der Waals surface area (Å²) in [4.78, 5) is 25.5. The minimum Gasteiger partial charge on any atom is -0.459 e. The van der Waals surface area contributed by atoms with Gasteiger partial charge in [0.1, 0.15) is 0 Å². The van der Waals surface area contributed by atoms with E-state index in [4.69, 9.17) is 9.41 Å². The quantitative estimate of drug-likeness (QED) is 0.411. The van der Waals surface area contributed by atoms with E-state index < -0.39 is 0 Å².